The molecule has 0 saturated heterocycles. The number of sulfonamides is 1. The molecule has 2 N–H and O–H groups in total. The summed E-state index contributed by atoms with van der Waals surface area (Å²) in [7, 11) is -3.72. The molecular weight excluding hydrogens is 352 g/mol. The van der Waals surface area contributed by atoms with Crippen molar-refractivity contribution in [2.24, 2.45) is 0 Å². The molecule has 0 fully saturated rings. The molecule has 0 atom stereocenters. The number of halogens is 2. The van der Waals surface area contributed by atoms with Gasteiger partial charge in [0.1, 0.15) is 0 Å². The largest absolute Gasteiger partial charge is 0.398 e. The summed E-state index contributed by atoms with van der Waals surface area (Å²) in [5.74, 6) is 0. The Morgan fingerprint density at radius 1 is 1.32 bits per heavy atom. The Morgan fingerprint density at radius 2 is 1.84 bits per heavy atom. The molecule has 0 heterocycles. The maximum absolute atomic E-state index is 12.5. The van der Waals surface area contributed by atoms with Gasteiger partial charge in [-0.3, -0.25) is 0 Å². The number of nitrogens with zero attached hydrogens (tertiary/aromatic N) is 1. The van der Waals surface area contributed by atoms with Crippen LogP contribution in [-0.4, -0.2) is 25.8 Å². The number of hydrogen-bond acceptors (Lipinski definition) is 3. The van der Waals surface area contributed by atoms with E-state index in [0.717, 1.165) is 0 Å². The second kappa shape index (κ2) is 6.56. The normalized spacial score (nSPS) is 11.5. The zero-order valence-corrected chi connectivity index (χ0v) is 13.3. The molecule has 104 valence electrons. The Morgan fingerprint density at radius 3 is 2.32 bits per heavy atom. The second-order valence-electron chi connectivity index (χ2n) is 3.71. The van der Waals surface area contributed by atoms with E-state index in [-0.39, 0.29) is 28.7 Å². The third-order valence-electron chi connectivity index (χ3n) is 2.32. The van der Waals surface area contributed by atoms with Crippen LogP contribution >= 0.6 is 27.5 Å². The van der Waals surface area contributed by atoms with Gasteiger partial charge in [-0.1, -0.05) is 23.8 Å². The molecule has 0 aliphatic carbocycles. The van der Waals surface area contributed by atoms with Crippen LogP contribution < -0.4 is 5.73 Å². The van der Waals surface area contributed by atoms with E-state index in [9.17, 15) is 8.42 Å². The number of benzene rings is 1. The second-order valence-corrected chi connectivity index (χ2v) is 6.84. The van der Waals surface area contributed by atoms with Crippen molar-refractivity contribution >= 4 is 43.2 Å². The van der Waals surface area contributed by atoms with Gasteiger partial charge in [-0.15, -0.1) is 13.2 Å². The number of nitrogens with two attached hydrogens (primary N) is 1. The van der Waals surface area contributed by atoms with Crippen LogP contribution in [0.15, 0.2) is 46.8 Å². The van der Waals surface area contributed by atoms with E-state index in [1.807, 2.05) is 0 Å². The number of hydrogen-bond donors (Lipinski definition) is 1. The summed E-state index contributed by atoms with van der Waals surface area (Å²) in [6, 6.07) is 2.84. The van der Waals surface area contributed by atoms with Crippen molar-refractivity contribution in [1.82, 2.24) is 4.31 Å². The van der Waals surface area contributed by atoms with E-state index >= 15 is 0 Å². The van der Waals surface area contributed by atoms with Crippen molar-refractivity contribution in [2.75, 3.05) is 18.8 Å². The molecule has 0 aliphatic rings. The minimum absolute atomic E-state index is 0.0289. The summed E-state index contributed by atoms with van der Waals surface area (Å²) in [6.07, 6.45) is 3.01. The minimum Gasteiger partial charge on any atom is -0.398 e. The molecule has 0 unspecified atom stereocenters. The molecule has 19 heavy (non-hydrogen) atoms. The Hall–Kier alpha value is -0.820. The zero-order chi connectivity index (χ0) is 14.6. The Labute approximate surface area is 126 Å². The van der Waals surface area contributed by atoms with Crippen LogP contribution in [-0.2, 0) is 10.0 Å². The molecule has 0 radical (unpaired) electrons. The molecule has 0 amide bonds. The lowest BCUT2D eigenvalue weighted by molar-refractivity contribution is 0.474. The van der Waals surface area contributed by atoms with Gasteiger partial charge in [0.2, 0.25) is 10.0 Å². The average Bonchev–Trinajstić information content (AvgIpc) is 2.33. The zero-order valence-electron chi connectivity index (χ0n) is 10.1. The van der Waals surface area contributed by atoms with Gasteiger partial charge in [-0.2, -0.15) is 4.31 Å². The Kier molecular flexibility index (Phi) is 5.61. The third-order valence-corrected chi connectivity index (χ3v) is 5.54. The van der Waals surface area contributed by atoms with Crippen molar-refractivity contribution in [2.45, 2.75) is 4.90 Å². The van der Waals surface area contributed by atoms with Gasteiger partial charge in [0.25, 0.3) is 0 Å². The van der Waals surface area contributed by atoms with Gasteiger partial charge < -0.3 is 5.73 Å². The van der Waals surface area contributed by atoms with Crippen LogP contribution in [0.3, 0.4) is 0 Å². The van der Waals surface area contributed by atoms with Crippen LogP contribution in [0.4, 0.5) is 5.69 Å². The van der Waals surface area contributed by atoms with Gasteiger partial charge in [0.05, 0.1) is 9.37 Å². The van der Waals surface area contributed by atoms with E-state index in [2.05, 4.69) is 29.1 Å². The lowest BCUT2D eigenvalue weighted by Crippen LogP contribution is -2.31. The fraction of sp³-hybridized carbons (Fsp3) is 0.167. The molecule has 4 nitrogen and oxygen atoms in total. The highest BCUT2D eigenvalue weighted by Gasteiger charge is 2.26. The highest BCUT2D eigenvalue weighted by Crippen LogP contribution is 2.33. The first-order valence-electron chi connectivity index (χ1n) is 5.31. The molecule has 1 aromatic rings. The molecule has 7 heteroatoms. The van der Waals surface area contributed by atoms with Crippen LogP contribution in [0, 0.1) is 0 Å². The number of rotatable bonds is 6. The Bertz CT molecular complexity index is 592. The highest BCUT2D eigenvalue weighted by molar-refractivity contribution is 9.10. The standard InChI is InChI=1S/C12H14BrClN2O2S/c1-3-5-16(6-4-2)19(17,18)11-8-9(14)7-10(15)12(11)13/h3-4,7-8H,1-2,5-6,15H2. The van der Waals surface area contributed by atoms with E-state index < -0.39 is 10.0 Å². The first-order chi connectivity index (χ1) is 8.84. The van der Waals surface area contributed by atoms with E-state index in [1.165, 1.54) is 28.6 Å². The van der Waals surface area contributed by atoms with Crippen molar-refractivity contribution in [3.05, 3.63) is 46.9 Å². The summed E-state index contributed by atoms with van der Waals surface area (Å²) in [6.45, 7) is 7.44. The predicted molar refractivity (Wildman–Crippen MR) is 82.7 cm³/mol. The fourth-order valence-electron chi connectivity index (χ4n) is 1.47. The molecule has 0 aromatic heterocycles. The smallest absolute Gasteiger partial charge is 0.244 e. The van der Waals surface area contributed by atoms with Crippen LogP contribution in [0.2, 0.25) is 5.02 Å². The van der Waals surface area contributed by atoms with E-state index in [0.29, 0.717) is 4.47 Å². The van der Waals surface area contributed by atoms with Gasteiger partial charge >= 0.3 is 0 Å². The highest BCUT2D eigenvalue weighted by atomic mass is 79.9. The first kappa shape index (κ1) is 16.2. The van der Waals surface area contributed by atoms with E-state index in [1.54, 1.807) is 0 Å². The Balaban J connectivity index is 3.40. The maximum atomic E-state index is 12.5. The van der Waals surface area contributed by atoms with Gasteiger partial charge in [0.15, 0.2) is 0 Å². The molecule has 0 bridgehead atoms. The monoisotopic (exact) mass is 364 g/mol. The lowest BCUT2D eigenvalue weighted by atomic mass is 10.3. The van der Waals surface area contributed by atoms with Gasteiger partial charge in [-0.05, 0) is 28.1 Å². The maximum Gasteiger partial charge on any atom is 0.244 e. The van der Waals surface area contributed by atoms with Crippen molar-refractivity contribution in [3.8, 4) is 0 Å². The summed E-state index contributed by atoms with van der Waals surface area (Å²) in [5, 5.41) is 0.261. The molecule has 1 aromatic carbocycles. The van der Waals surface area contributed by atoms with Gasteiger partial charge in [-0.25, -0.2) is 8.42 Å². The van der Waals surface area contributed by atoms with E-state index in [4.69, 9.17) is 17.3 Å². The first-order valence-corrected chi connectivity index (χ1v) is 7.92. The quantitative estimate of drug-likeness (QED) is 0.622. The van der Waals surface area contributed by atoms with Crippen molar-refractivity contribution in [3.63, 3.8) is 0 Å². The average molecular weight is 366 g/mol. The summed E-state index contributed by atoms with van der Waals surface area (Å²) in [5.41, 5.74) is 5.98. The summed E-state index contributed by atoms with van der Waals surface area (Å²) in [4.78, 5) is 0.0289. The topological polar surface area (TPSA) is 63.4 Å². The van der Waals surface area contributed by atoms with Crippen molar-refractivity contribution < 1.29 is 8.42 Å². The number of anilines is 1. The molecule has 1 rings (SSSR count). The molecule has 0 saturated carbocycles. The molecule has 0 spiro atoms. The predicted octanol–water partition coefficient (Wildman–Crippen LogP) is 3.05. The molecular formula is C12H14BrClN2O2S. The minimum atomic E-state index is -3.72. The summed E-state index contributed by atoms with van der Waals surface area (Å²) < 4.78 is 26.6. The van der Waals surface area contributed by atoms with Gasteiger partial charge in [0, 0.05) is 23.8 Å². The third kappa shape index (κ3) is 3.60. The van der Waals surface area contributed by atoms with Crippen LogP contribution in [0.5, 0.6) is 0 Å². The lowest BCUT2D eigenvalue weighted by Gasteiger charge is -2.20. The SMILES string of the molecule is C=CCN(CC=C)S(=O)(=O)c1cc(Cl)cc(N)c1Br. The number of nitrogen functional groups attached to an aromatic ring is 1. The van der Waals surface area contributed by atoms with Crippen molar-refractivity contribution in [1.29, 1.82) is 0 Å². The molecule has 0 aliphatic heterocycles. The fourth-order valence-corrected chi connectivity index (χ4v) is 4.11. The van der Waals surface area contributed by atoms with Crippen LogP contribution in [0.1, 0.15) is 0 Å². The van der Waals surface area contributed by atoms with Crippen LogP contribution in [0.25, 0.3) is 0 Å². The summed E-state index contributed by atoms with van der Waals surface area (Å²) >= 11 is 9.04.